The number of anilines is 1. The molecule has 0 aromatic heterocycles. The third kappa shape index (κ3) is 6.71. The number of carbonyl (C=O) groups excluding carboxylic acids is 1. The zero-order chi connectivity index (χ0) is 22.1. The van der Waals surface area contributed by atoms with Gasteiger partial charge in [-0.3, -0.25) is 0 Å². The van der Waals surface area contributed by atoms with Crippen molar-refractivity contribution >= 4 is 17.3 Å². The first-order chi connectivity index (χ1) is 14.2. The molecule has 2 aromatic carbocycles. The average molecular weight is 408 g/mol. The summed E-state index contributed by atoms with van der Waals surface area (Å²) in [5.74, 6) is 2.27. The van der Waals surface area contributed by atoms with Gasteiger partial charge in [-0.25, -0.2) is 10.3 Å². The van der Waals surface area contributed by atoms with E-state index in [-0.39, 0.29) is 5.97 Å². The van der Waals surface area contributed by atoms with Gasteiger partial charge in [-0.05, 0) is 69.5 Å². The van der Waals surface area contributed by atoms with Crippen molar-refractivity contribution in [3.8, 4) is 12.3 Å². The Kier molecular flexibility index (Phi) is 8.14. The number of nitrogens with one attached hydrogen (secondary N) is 2. The third-order valence-corrected chi connectivity index (χ3v) is 4.34. The molecule has 158 valence electrons. The minimum absolute atomic E-state index is 0.328. The van der Waals surface area contributed by atoms with E-state index in [9.17, 15) is 4.79 Å². The number of hydrogen-bond donors (Lipinski definition) is 2. The molecule has 0 radical (unpaired) electrons. The molecule has 0 saturated carbocycles. The lowest BCUT2D eigenvalue weighted by Crippen LogP contribution is -2.23. The minimum Gasteiger partial charge on any atom is -0.456 e. The summed E-state index contributed by atoms with van der Waals surface area (Å²) < 4.78 is 11.1. The summed E-state index contributed by atoms with van der Waals surface area (Å²) in [5.41, 5.74) is 11.3. The fraction of sp³-hybridized carbons (Fsp3) is 0.375. The first-order valence-corrected chi connectivity index (χ1v) is 9.86. The van der Waals surface area contributed by atoms with E-state index in [1.54, 1.807) is 12.1 Å². The van der Waals surface area contributed by atoms with Gasteiger partial charge in [0.1, 0.15) is 11.3 Å². The van der Waals surface area contributed by atoms with Gasteiger partial charge in [-0.15, -0.1) is 6.42 Å². The van der Waals surface area contributed by atoms with Crippen LogP contribution in [0, 0.1) is 24.8 Å². The van der Waals surface area contributed by atoms with Crippen LogP contribution in [0.4, 0.5) is 11.4 Å². The molecular weight excluding hydrogens is 378 g/mol. The van der Waals surface area contributed by atoms with Crippen molar-refractivity contribution in [3.63, 3.8) is 0 Å². The molecule has 0 atom stereocenters. The predicted molar refractivity (Wildman–Crippen MR) is 118 cm³/mol. The van der Waals surface area contributed by atoms with Crippen LogP contribution in [0.25, 0.3) is 0 Å². The summed E-state index contributed by atoms with van der Waals surface area (Å²) in [6.45, 7) is 9.14. The second-order valence-corrected chi connectivity index (χ2v) is 7.92. The molecule has 2 aromatic rings. The number of rotatable bonds is 9. The molecule has 0 heterocycles. The summed E-state index contributed by atoms with van der Waals surface area (Å²) in [4.78, 5) is 12.0. The number of terminal acetylenes is 1. The lowest BCUT2D eigenvalue weighted by molar-refractivity contribution is 0.00694. The Morgan fingerprint density at radius 3 is 2.50 bits per heavy atom. The number of benzene rings is 2. The highest BCUT2D eigenvalue weighted by molar-refractivity contribution is 5.89. The maximum absolute atomic E-state index is 12.0. The Morgan fingerprint density at radius 2 is 1.90 bits per heavy atom. The van der Waals surface area contributed by atoms with Gasteiger partial charge >= 0.3 is 5.97 Å². The van der Waals surface area contributed by atoms with Gasteiger partial charge in [0, 0.05) is 18.7 Å². The molecule has 0 aliphatic carbocycles. The van der Waals surface area contributed by atoms with Crippen LogP contribution in [0.15, 0.2) is 41.5 Å². The Bertz CT molecular complexity index is 922. The number of esters is 1. The molecule has 2 N–H and O–H groups in total. The summed E-state index contributed by atoms with van der Waals surface area (Å²) >= 11 is 0. The molecule has 6 nitrogen and oxygen atoms in total. The average Bonchev–Trinajstić information content (AvgIpc) is 2.70. The van der Waals surface area contributed by atoms with Crippen molar-refractivity contribution in [1.82, 2.24) is 0 Å². The fourth-order valence-electron chi connectivity index (χ4n) is 2.80. The van der Waals surface area contributed by atoms with E-state index >= 15 is 0 Å². The monoisotopic (exact) mass is 407 g/mol. The summed E-state index contributed by atoms with van der Waals surface area (Å²) in [5, 5.41) is 6.88. The van der Waals surface area contributed by atoms with Crippen molar-refractivity contribution in [3.05, 3.63) is 58.7 Å². The zero-order valence-electron chi connectivity index (χ0n) is 18.0. The molecule has 0 amide bonds. The smallest absolute Gasteiger partial charge is 0.338 e. The summed E-state index contributed by atoms with van der Waals surface area (Å²) in [6, 6.07) is 10.9. The van der Waals surface area contributed by atoms with Crippen LogP contribution >= 0.6 is 0 Å². The molecule has 0 unspecified atom stereocenters. The molecular formula is C24H29N3O3. The normalized spacial score (nSPS) is 10.9. The van der Waals surface area contributed by atoms with Gasteiger partial charge in [-0.1, -0.05) is 18.1 Å². The lowest BCUT2D eigenvalue weighted by atomic mass is 10.1. The fourth-order valence-corrected chi connectivity index (χ4v) is 2.80. The van der Waals surface area contributed by atoms with Crippen LogP contribution in [-0.2, 0) is 16.1 Å². The lowest BCUT2D eigenvalue weighted by Gasteiger charge is -2.19. The maximum atomic E-state index is 12.0. The predicted octanol–water partition coefficient (Wildman–Crippen LogP) is 5.61. The maximum Gasteiger partial charge on any atom is 0.338 e. The molecule has 2 rings (SSSR count). The van der Waals surface area contributed by atoms with Crippen molar-refractivity contribution in [1.29, 1.82) is 5.53 Å². The summed E-state index contributed by atoms with van der Waals surface area (Å²) in [6.07, 6.45) is 6.26. The van der Waals surface area contributed by atoms with E-state index in [4.69, 9.17) is 21.4 Å². The Morgan fingerprint density at radius 1 is 1.20 bits per heavy atom. The topological polar surface area (TPSA) is 83.8 Å². The molecule has 0 bridgehead atoms. The Hall–Kier alpha value is -3.17. The van der Waals surface area contributed by atoms with Gasteiger partial charge in [0.25, 0.3) is 0 Å². The summed E-state index contributed by atoms with van der Waals surface area (Å²) in [7, 11) is 0. The van der Waals surface area contributed by atoms with Crippen LogP contribution in [0.1, 0.15) is 54.2 Å². The van der Waals surface area contributed by atoms with Gasteiger partial charge in [0.05, 0.1) is 17.9 Å². The van der Waals surface area contributed by atoms with Gasteiger partial charge in [0.2, 0.25) is 0 Å². The Balaban J connectivity index is 1.75. The standard InChI is InChI=1S/C24H29N3O3/c1-6-19-12-13-21(22(27-25)17(19)2)26-14-7-15-29-16-18-8-10-20(11-9-18)23(28)30-24(3,4)5/h1,8-13,25-26H,7,14-16H2,2-5H3. The molecule has 0 saturated heterocycles. The molecule has 6 heteroatoms. The van der Waals surface area contributed by atoms with Crippen LogP contribution in [-0.4, -0.2) is 24.7 Å². The number of nitrogens with zero attached hydrogens (tertiary/aromatic N) is 1. The van der Waals surface area contributed by atoms with Gasteiger partial charge in [0.15, 0.2) is 0 Å². The highest BCUT2D eigenvalue weighted by atomic mass is 16.6. The van der Waals surface area contributed by atoms with Crippen molar-refractivity contribution < 1.29 is 14.3 Å². The van der Waals surface area contributed by atoms with Crippen molar-refractivity contribution in [2.24, 2.45) is 5.11 Å². The van der Waals surface area contributed by atoms with Crippen molar-refractivity contribution in [2.45, 2.75) is 46.3 Å². The second kappa shape index (κ2) is 10.6. The minimum atomic E-state index is -0.509. The number of carbonyl (C=O) groups is 1. The molecule has 0 aliphatic heterocycles. The van der Waals surface area contributed by atoms with Crippen LogP contribution in [0.3, 0.4) is 0 Å². The van der Waals surface area contributed by atoms with E-state index in [0.29, 0.717) is 31.0 Å². The molecule has 0 fully saturated rings. The first kappa shape index (κ1) is 23.1. The van der Waals surface area contributed by atoms with Crippen LogP contribution in [0.2, 0.25) is 0 Å². The van der Waals surface area contributed by atoms with Gasteiger partial charge < -0.3 is 14.8 Å². The van der Waals surface area contributed by atoms with Crippen LogP contribution in [0.5, 0.6) is 0 Å². The number of hydrogen-bond acceptors (Lipinski definition) is 6. The van der Waals surface area contributed by atoms with E-state index in [0.717, 1.165) is 28.8 Å². The van der Waals surface area contributed by atoms with Gasteiger partial charge in [-0.2, -0.15) is 5.11 Å². The largest absolute Gasteiger partial charge is 0.456 e. The van der Waals surface area contributed by atoms with Crippen LogP contribution < -0.4 is 5.32 Å². The third-order valence-electron chi connectivity index (χ3n) is 4.34. The van der Waals surface area contributed by atoms with E-state index in [1.165, 1.54) is 0 Å². The quantitative estimate of drug-likeness (QED) is 0.245. The number of ether oxygens (including phenoxy) is 2. The highest BCUT2D eigenvalue weighted by Crippen LogP contribution is 2.31. The molecule has 30 heavy (non-hydrogen) atoms. The van der Waals surface area contributed by atoms with E-state index in [1.807, 2.05) is 52.0 Å². The first-order valence-electron chi connectivity index (χ1n) is 9.86. The zero-order valence-corrected chi connectivity index (χ0v) is 18.0. The second-order valence-electron chi connectivity index (χ2n) is 7.92. The highest BCUT2D eigenvalue weighted by Gasteiger charge is 2.17. The molecule has 0 spiro atoms. The Labute approximate surface area is 178 Å². The van der Waals surface area contributed by atoms with Crippen molar-refractivity contribution in [2.75, 3.05) is 18.5 Å². The van der Waals surface area contributed by atoms with E-state index in [2.05, 4.69) is 16.4 Å². The molecule has 0 aliphatic rings. The van der Waals surface area contributed by atoms with E-state index < -0.39 is 5.60 Å². The SMILES string of the molecule is C#Cc1ccc(NCCCOCc2ccc(C(=O)OC(C)(C)C)cc2)c(N=N)c1C.